The van der Waals surface area contributed by atoms with Crippen LogP contribution in [0.25, 0.3) is 0 Å². The molecule has 0 unspecified atom stereocenters. The lowest BCUT2D eigenvalue weighted by Gasteiger charge is -2.22. The van der Waals surface area contributed by atoms with Gasteiger partial charge in [0.25, 0.3) is 5.56 Å². The van der Waals surface area contributed by atoms with Crippen LogP contribution in [-0.4, -0.2) is 40.9 Å². The predicted octanol–water partition coefficient (Wildman–Crippen LogP) is 1.39. The summed E-state index contributed by atoms with van der Waals surface area (Å²) in [7, 11) is 3.90. The maximum atomic E-state index is 12.1. The number of anilines is 1. The van der Waals surface area contributed by atoms with Gasteiger partial charge < -0.3 is 10.2 Å². The molecule has 1 heterocycles. The number of hydrogen-bond acceptors (Lipinski definition) is 4. The molecule has 0 atom stereocenters. The van der Waals surface area contributed by atoms with Gasteiger partial charge in [0.1, 0.15) is 4.47 Å². The van der Waals surface area contributed by atoms with Gasteiger partial charge in [-0.2, -0.15) is 5.10 Å². The molecule has 1 aromatic rings. The summed E-state index contributed by atoms with van der Waals surface area (Å²) in [5.74, 6) is 2.62. The number of terminal acetylenes is 1. The summed E-state index contributed by atoms with van der Waals surface area (Å²) in [5, 5.41) is 7.25. The molecule has 0 aliphatic rings. The van der Waals surface area contributed by atoms with Gasteiger partial charge in [0.2, 0.25) is 0 Å². The smallest absolute Gasteiger partial charge is 0.283 e. The molecular formula is C13H19BrN4O. The summed E-state index contributed by atoms with van der Waals surface area (Å²) >= 11 is 3.30. The Bertz CT molecular complexity index is 543. The topological polar surface area (TPSA) is 50.2 Å². The highest BCUT2D eigenvalue weighted by atomic mass is 79.9. The highest BCUT2D eigenvalue weighted by Gasteiger charge is 2.17. The highest BCUT2D eigenvalue weighted by Crippen LogP contribution is 2.20. The molecule has 6 heteroatoms. The van der Waals surface area contributed by atoms with Gasteiger partial charge in [0.05, 0.1) is 24.0 Å². The first-order valence-corrected chi connectivity index (χ1v) is 6.72. The minimum atomic E-state index is -0.535. The van der Waals surface area contributed by atoms with Gasteiger partial charge in [-0.05, 0) is 43.9 Å². The van der Waals surface area contributed by atoms with Crippen molar-refractivity contribution in [2.75, 3.05) is 26.0 Å². The number of rotatable bonds is 5. The van der Waals surface area contributed by atoms with E-state index in [4.69, 9.17) is 6.42 Å². The molecule has 0 aliphatic carbocycles. The van der Waals surface area contributed by atoms with Crippen molar-refractivity contribution in [3.63, 3.8) is 0 Å². The predicted molar refractivity (Wildman–Crippen MR) is 81.3 cm³/mol. The van der Waals surface area contributed by atoms with E-state index >= 15 is 0 Å². The van der Waals surface area contributed by atoms with E-state index in [0.717, 1.165) is 6.54 Å². The third-order valence-corrected chi connectivity index (χ3v) is 3.32. The molecule has 0 radical (unpaired) electrons. The largest absolute Gasteiger partial charge is 0.367 e. The zero-order valence-electron chi connectivity index (χ0n) is 11.7. The van der Waals surface area contributed by atoms with Crippen molar-refractivity contribution < 1.29 is 0 Å². The molecule has 0 aliphatic heterocycles. The molecule has 0 aromatic carbocycles. The third kappa shape index (κ3) is 4.37. The van der Waals surface area contributed by atoms with Crippen molar-refractivity contribution in [2.24, 2.45) is 0 Å². The molecule has 0 spiro atoms. The van der Waals surface area contributed by atoms with Crippen molar-refractivity contribution in [1.82, 2.24) is 14.7 Å². The van der Waals surface area contributed by atoms with Crippen LogP contribution in [0.2, 0.25) is 0 Å². The summed E-state index contributed by atoms with van der Waals surface area (Å²) < 4.78 is 1.88. The first-order valence-electron chi connectivity index (χ1n) is 5.93. The molecular weight excluding hydrogens is 308 g/mol. The van der Waals surface area contributed by atoms with E-state index in [0.29, 0.717) is 16.7 Å². The maximum absolute atomic E-state index is 12.1. The van der Waals surface area contributed by atoms with Gasteiger partial charge in [0, 0.05) is 6.54 Å². The molecule has 104 valence electrons. The minimum Gasteiger partial charge on any atom is -0.367 e. The van der Waals surface area contributed by atoms with Gasteiger partial charge in [-0.25, -0.2) is 4.68 Å². The lowest BCUT2D eigenvalue weighted by Crippen LogP contribution is -2.33. The van der Waals surface area contributed by atoms with Crippen molar-refractivity contribution in [3.05, 3.63) is 21.0 Å². The zero-order chi connectivity index (χ0) is 14.6. The summed E-state index contributed by atoms with van der Waals surface area (Å²) in [5.41, 5.74) is -0.0966. The van der Waals surface area contributed by atoms with Crippen LogP contribution in [0.4, 0.5) is 5.69 Å². The molecule has 1 rings (SSSR count). The molecule has 0 saturated heterocycles. The van der Waals surface area contributed by atoms with E-state index in [1.54, 1.807) is 6.20 Å². The average molecular weight is 327 g/mol. The zero-order valence-corrected chi connectivity index (χ0v) is 13.3. The molecule has 0 fully saturated rings. The monoisotopic (exact) mass is 326 g/mol. The van der Waals surface area contributed by atoms with Gasteiger partial charge >= 0.3 is 0 Å². The van der Waals surface area contributed by atoms with Crippen molar-refractivity contribution in [3.8, 4) is 12.3 Å². The summed E-state index contributed by atoms with van der Waals surface area (Å²) in [4.78, 5) is 14.1. The number of aromatic nitrogens is 2. The normalized spacial score (nSPS) is 11.4. The van der Waals surface area contributed by atoms with E-state index < -0.39 is 5.54 Å². The number of halogens is 1. The molecule has 19 heavy (non-hydrogen) atoms. The lowest BCUT2D eigenvalue weighted by atomic mass is 10.1. The van der Waals surface area contributed by atoms with Crippen molar-refractivity contribution in [2.45, 2.75) is 25.9 Å². The number of nitrogens with one attached hydrogen (secondary N) is 1. The summed E-state index contributed by atoms with van der Waals surface area (Å²) in [6.07, 6.45) is 7.03. The van der Waals surface area contributed by atoms with E-state index in [1.807, 2.05) is 32.8 Å². The summed E-state index contributed by atoms with van der Waals surface area (Å²) in [6, 6.07) is 0. The maximum Gasteiger partial charge on any atom is 0.283 e. The van der Waals surface area contributed by atoms with Gasteiger partial charge in [-0.1, -0.05) is 5.92 Å². The van der Waals surface area contributed by atoms with E-state index in [-0.39, 0.29) is 5.56 Å². The van der Waals surface area contributed by atoms with Crippen LogP contribution in [0.5, 0.6) is 0 Å². The van der Waals surface area contributed by atoms with Crippen LogP contribution >= 0.6 is 15.9 Å². The van der Waals surface area contributed by atoms with E-state index in [2.05, 4.69) is 32.3 Å². The SMILES string of the molecule is C#CC(C)(C)Nc1cnn(CCN(C)C)c(=O)c1Br. The number of nitrogens with zero attached hydrogens (tertiary/aromatic N) is 3. The second-order valence-electron chi connectivity index (χ2n) is 5.10. The van der Waals surface area contributed by atoms with Crippen molar-refractivity contribution in [1.29, 1.82) is 0 Å². The molecule has 1 N–H and O–H groups in total. The first kappa shape index (κ1) is 15.7. The third-order valence-electron chi connectivity index (χ3n) is 2.55. The fraction of sp³-hybridized carbons (Fsp3) is 0.538. The lowest BCUT2D eigenvalue weighted by molar-refractivity contribution is 0.367. The fourth-order valence-corrected chi connectivity index (χ4v) is 1.79. The van der Waals surface area contributed by atoms with Crippen LogP contribution in [0.15, 0.2) is 15.5 Å². The Morgan fingerprint density at radius 1 is 1.58 bits per heavy atom. The average Bonchev–Trinajstić information content (AvgIpc) is 2.34. The van der Waals surface area contributed by atoms with Crippen LogP contribution in [0.3, 0.4) is 0 Å². The molecule has 1 aromatic heterocycles. The van der Waals surface area contributed by atoms with Gasteiger partial charge in [0.15, 0.2) is 0 Å². The van der Waals surface area contributed by atoms with Crippen LogP contribution in [0.1, 0.15) is 13.8 Å². The van der Waals surface area contributed by atoms with Gasteiger partial charge in [-0.3, -0.25) is 4.79 Å². The minimum absolute atomic E-state index is 0.167. The standard InChI is InChI=1S/C13H19BrN4O/c1-6-13(2,3)16-10-9-15-18(8-7-17(4)5)12(19)11(10)14/h1,9,16H,7-8H2,2-5H3. The second kappa shape index (κ2) is 6.22. The molecule has 0 amide bonds. The second-order valence-corrected chi connectivity index (χ2v) is 5.89. The van der Waals surface area contributed by atoms with E-state index in [1.165, 1.54) is 4.68 Å². The Morgan fingerprint density at radius 2 is 2.21 bits per heavy atom. The molecule has 0 saturated carbocycles. The Hall–Kier alpha value is -1.32. The van der Waals surface area contributed by atoms with Gasteiger partial charge in [-0.15, -0.1) is 6.42 Å². The Morgan fingerprint density at radius 3 is 2.74 bits per heavy atom. The van der Waals surface area contributed by atoms with Crippen LogP contribution in [-0.2, 0) is 6.54 Å². The molecule has 0 bridgehead atoms. The quantitative estimate of drug-likeness (QED) is 0.831. The first-order chi connectivity index (χ1) is 8.76. The Kier molecular flexibility index (Phi) is 5.15. The Balaban J connectivity index is 2.99. The van der Waals surface area contributed by atoms with Crippen LogP contribution in [0, 0.1) is 12.3 Å². The van der Waals surface area contributed by atoms with Crippen LogP contribution < -0.4 is 10.9 Å². The van der Waals surface area contributed by atoms with E-state index in [9.17, 15) is 4.79 Å². The molecule has 5 nitrogen and oxygen atoms in total. The van der Waals surface area contributed by atoms with Crippen molar-refractivity contribution >= 4 is 21.6 Å². The summed E-state index contributed by atoms with van der Waals surface area (Å²) in [6.45, 7) is 5.01. The fourth-order valence-electron chi connectivity index (χ4n) is 1.38. The number of likely N-dealkylation sites (N-methyl/N-ethyl adjacent to an activating group) is 1. The highest BCUT2D eigenvalue weighted by molar-refractivity contribution is 9.10. The Labute approximate surface area is 122 Å². The number of hydrogen-bond donors (Lipinski definition) is 1.